The highest BCUT2D eigenvalue weighted by Crippen LogP contribution is 2.26. The summed E-state index contributed by atoms with van der Waals surface area (Å²) in [6, 6.07) is 0.295. The normalized spacial score (nSPS) is 21.5. The number of hydrogen-bond donors (Lipinski definition) is 1. The molecule has 0 bridgehead atoms. The van der Waals surface area contributed by atoms with Crippen LogP contribution in [0, 0.1) is 5.92 Å². The Morgan fingerprint density at radius 3 is 3.06 bits per heavy atom. The summed E-state index contributed by atoms with van der Waals surface area (Å²) in [5.74, 6) is -0.976. The molecule has 0 saturated carbocycles. The highest BCUT2D eigenvalue weighted by molar-refractivity contribution is 5.70. The van der Waals surface area contributed by atoms with Gasteiger partial charge in [-0.15, -0.1) is 5.10 Å². The molecule has 0 fully saturated rings. The standard InChI is InChI=1S/C11H17N3O2/c1-3-7(2)14-10-6-8(11(15)16)4-5-9(10)12-13-14/h7-8H,3-6H2,1-2H3,(H,15,16)/t7-,8+/m0/s1. The van der Waals surface area contributed by atoms with Crippen LogP contribution in [0.2, 0.25) is 0 Å². The fourth-order valence-corrected chi connectivity index (χ4v) is 2.14. The second-order valence-corrected chi connectivity index (χ2v) is 4.46. The number of rotatable bonds is 3. The van der Waals surface area contributed by atoms with E-state index in [0.717, 1.165) is 24.2 Å². The van der Waals surface area contributed by atoms with Crippen molar-refractivity contribution in [2.45, 2.75) is 45.6 Å². The van der Waals surface area contributed by atoms with Gasteiger partial charge in [0.2, 0.25) is 0 Å². The third-order valence-corrected chi connectivity index (χ3v) is 3.40. The molecule has 0 unspecified atom stereocenters. The maximum absolute atomic E-state index is 11.0. The summed E-state index contributed by atoms with van der Waals surface area (Å²) in [4.78, 5) is 11.0. The average Bonchev–Trinajstić information content (AvgIpc) is 2.70. The van der Waals surface area contributed by atoms with Crippen molar-refractivity contribution in [3.8, 4) is 0 Å². The lowest BCUT2D eigenvalue weighted by Crippen LogP contribution is -2.24. The van der Waals surface area contributed by atoms with Gasteiger partial charge in [0.05, 0.1) is 23.3 Å². The van der Waals surface area contributed by atoms with E-state index in [-0.39, 0.29) is 5.92 Å². The Morgan fingerprint density at radius 1 is 1.69 bits per heavy atom. The third-order valence-electron chi connectivity index (χ3n) is 3.40. The van der Waals surface area contributed by atoms with Gasteiger partial charge in [-0.2, -0.15) is 0 Å². The average molecular weight is 223 g/mol. The summed E-state index contributed by atoms with van der Waals surface area (Å²) in [7, 11) is 0. The highest BCUT2D eigenvalue weighted by Gasteiger charge is 2.29. The fourth-order valence-electron chi connectivity index (χ4n) is 2.14. The zero-order chi connectivity index (χ0) is 11.7. The molecule has 1 aromatic rings. The summed E-state index contributed by atoms with van der Waals surface area (Å²) < 4.78 is 1.89. The molecule has 0 radical (unpaired) electrons. The van der Waals surface area contributed by atoms with Crippen LogP contribution in [-0.2, 0) is 17.6 Å². The van der Waals surface area contributed by atoms with Crippen molar-refractivity contribution in [2.24, 2.45) is 5.92 Å². The van der Waals surface area contributed by atoms with Crippen LogP contribution in [-0.4, -0.2) is 26.1 Å². The number of aromatic nitrogens is 3. The minimum Gasteiger partial charge on any atom is -0.481 e. The predicted octanol–water partition coefficient (Wildman–Crippen LogP) is 1.44. The first-order valence-electron chi connectivity index (χ1n) is 5.79. The molecule has 2 rings (SSSR count). The zero-order valence-electron chi connectivity index (χ0n) is 9.68. The van der Waals surface area contributed by atoms with E-state index in [2.05, 4.69) is 24.2 Å². The fraction of sp³-hybridized carbons (Fsp3) is 0.727. The molecule has 0 aromatic carbocycles. The Labute approximate surface area is 94.5 Å². The van der Waals surface area contributed by atoms with Gasteiger partial charge in [0.25, 0.3) is 0 Å². The first-order valence-corrected chi connectivity index (χ1v) is 5.79. The van der Waals surface area contributed by atoms with E-state index < -0.39 is 5.97 Å². The largest absolute Gasteiger partial charge is 0.481 e. The number of nitrogens with zero attached hydrogens (tertiary/aromatic N) is 3. The minimum atomic E-state index is -0.706. The molecule has 1 N–H and O–H groups in total. The molecule has 5 nitrogen and oxygen atoms in total. The molecule has 0 amide bonds. The van der Waals surface area contributed by atoms with Crippen LogP contribution in [0.4, 0.5) is 0 Å². The van der Waals surface area contributed by atoms with E-state index in [1.54, 1.807) is 0 Å². The molecule has 5 heteroatoms. The molecule has 1 heterocycles. The lowest BCUT2D eigenvalue weighted by atomic mass is 9.89. The SMILES string of the molecule is CC[C@H](C)n1nnc2c1C[C@H](C(=O)O)CC2. The number of carboxylic acid groups (broad SMARTS) is 1. The minimum absolute atomic E-state index is 0.270. The maximum atomic E-state index is 11.0. The van der Waals surface area contributed by atoms with Gasteiger partial charge in [0, 0.05) is 6.42 Å². The summed E-state index contributed by atoms with van der Waals surface area (Å²) in [5, 5.41) is 17.3. The highest BCUT2D eigenvalue weighted by atomic mass is 16.4. The molecule has 0 saturated heterocycles. The Kier molecular flexibility index (Phi) is 2.94. The van der Waals surface area contributed by atoms with Crippen LogP contribution >= 0.6 is 0 Å². The van der Waals surface area contributed by atoms with Crippen LogP contribution in [0.5, 0.6) is 0 Å². The number of hydrogen-bond acceptors (Lipinski definition) is 3. The van der Waals surface area contributed by atoms with Crippen LogP contribution in [0.1, 0.15) is 44.1 Å². The Hall–Kier alpha value is -1.39. The monoisotopic (exact) mass is 223 g/mol. The Morgan fingerprint density at radius 2 is 2.44 bits per heavy atom. The Balaban J connectivity index is 2.27. The molecule has 16 heavy (non-hydrogen) atoms. The van der Waals surface area contributed by atoms with E-state index in [1.807, 2.05) is 4.68 Å². The first kappa shape index (κ1) is 11.1. The molecular formula is C11H17N3O2. The number of carboxylic acids is 1. The molecule has 0 aliphatic heterocycles. The lowest BCUT2D eigenvalue weighted by molar-refractivity contribution is -0.142. The van der Waals surface area contributed by atoms with E-state index >= 15 is 0 Å². The number of aryl methyl sites for hydroxylation is 1. The smallest absolute Gasteiger partial charge is 0.306 e. The number of fused-ring (bicyclic) bond motifs is 1. The van der Waals surface area contributed by atoms with Crippen molar-refractivity contribution in [2.75, 3.05) is 0 Å². The Bertz CT molecular complexity index is 400. The van der Waals surface area contributed by atoms with Gasteiger partial charge in [-0.3, -0.25) is 4.79 Å². The topological polar surface area (TPSA) is 68.0 Å². The summed E-state index contributed by atoms with van der Waals surface area (Å²) in [6.45, 7) is 4.18. The lowest BCUT2D eigenvalue weighted by Gasteiger charge is -2.20. The van der Waals surface area contributed by atoms with Crippen molar-refractivity contribution in [1.82, 2.24) is 15.0 Å². The van der Waals surface area contributed by atoms with E-state index in [9.17, 15) is 4.79 Å². The van der Waals surface area contributed by atoms with Gasteiger partial charge < -0.3 is 5.11 Å². The van der Waals surface area contributed by atoms with E-state index in [1.165, 1.54) is 0 Å². The molecule has 1 aliphatic rings. The quantitative estimate of drug-likeness (QED) is 0.841. The molecular weight excluding hydrogens is 206 g/mol. The molecule has 88 valence electrons. The second-order valence-electron chi connectivity index (χ2n) is 4.46. The first-order chi connectivity index (χ1) is 7.63. The van der Waals surface area contributed by atoms with Gasteiger partial charge in [0.1, 0.15) is 0 Å². The van der Waals surface area contributed by atoms with Crippen molar-refractivity contribution in [3.63, 3.8) is 0 Å². The second kappa shape index (κ2) is 4.23. The van der Waals surface area contributed by atoms with Gasteiger partial charge in [-0.05, 0) is 26.2 Å². The molecule has 1 aromatic heterocycles. The van der Waals surface area contributed by atoms with Gasteiger partial charge >= 0.3 is 5.97 Å². The van der Waals surface area contributed by atoms with E-state index in [4.69, 9.17) is 5.11 Å². The zero-order valence-corrected chi connectivity index (χ0v) is 9.68. The van der Waals surface area contributed by atoms with Crippen molar-refractivity contribution in [3.05, 3.63) is 11.4 Å². The van der Waals surface area contributed by atoms with Gasteiger partial charge in [0.15, 0.2) is 0 Å². The van der Waals surface area contributed by atoms with Crippen LogP contribution in [0.15, 0.2) is 0 Å². The van der Waals surface area contributed by atoms with E-state index in [0.29, 0.717) is 18.9 Å². The predicted molar refractivity (Wildman–Crippen MR) is 58.2 cm³/mol. The van der Waals surface area contributed by atoms with Crippen molar-refractivity contribution < 1.29 is 9.90 Å². The van der Waals surface area contributed by atoms with Crippen molar-refractivity contribution in [1.29, 1.82) is 0 Å². The summed E-state index contributed by atoms with van der Waals surface area (Å²) >= 11 is 0. The van der Waals surface area contributed by atoms with Gasteiger partial charge in [-0.25, -0.2) is 4.68 Å². The summed E-state index contributed by atoms with van der Waals surface area (Å²) in [5.41, 5.74) is 2.01. The third kappa shape index (κ3) is 1.81. The number of carbonyl (C=O) groups is 1. The number of aliphatic carboxylic acids is 1. The molecule has 0 spiro atoms. The van der Waals surface area contributed by atoms with Crippen LogP contribution in [0.3, 0.4) is 0 Å². The van der Waals surface area contributed by atoms with Gasteiger partial charge in [-0.1, -0.05) is 12.1 Å². The summed E-state index contributed by atoms with van der Waals surface area (Å²) in [6.07, 6.45) is 2.97. The molecule has 2 atom stereocenters. The van der Waals surface area contributed by atoms with Crippen LogP contribution in [0.25, 0.3) is 0 Å². The molecule has 1 aliphatic carbocycles. The van der Waals surface area contributed by atoms with Crippen molar-refractivity contribution >= 4 is 5.97 Å². The van der Waals surface area contributed by atoms with Crippen LogP contribution < -0.4 is 0 Å². The maximum Gasteiger partial charge on any atom is 0.306 e.